The number of rotatable bonds is 4. The number of carboxylic acids is 1. The molecular formula is C9H14O2. The molecule has 0 aromatic rings. The fourth-order valence-electron chi connectivity index (χ4n) is 1.45. The summed E-state index contributed by atoms with van der Waals surface area (Å²) < 4.78 is 0. The minimum absolute atomic E-state index is 0.324. The van der Waals surface area contributed by atoms with E-state index in [1.807, 2.05) is 0 Å². The average molecular weight is 154 g/mol. The molecule has 1 aliphatic rings. The predicted molar refractivity (Wildman–Crippen MR) is 43.4 cm³/mol. The monoisotopic (exact) mass is 154 g/mol. The molecular weight excluding hydrogens is 140 g/mol. The van der Waals surface area contributed by atoms with Crippen molar-refractivity contribution in [3.05, 3.63) is 12.2 Å². The van der Waals surface area contributed by atoms with E-state index in [0.717, 1.165) is 12.8 Å². The van der Waals surface area contributed by atoms with E-state index >= 15 is 0 Å². The minimum Gasteiger partial charge on any atom is -0.481 e. The van der Waals surface area contributed by atoms with Gasteiger partial charge in [0.1, 0.15) is 0 Å². The first kappa shape index (κ1) is 8.31. The van der Waals surface area contributed by atoms with E-state index in [-0.39, 0.29) is 0 Å². The number of hydrogen-bond acceptors (Lipinski definition) is 1. The van der Waals surface area contributed by atoms with Gasteiger partial charge in [-0.05, 0) is 31.6 Å². The maximum Gasteiger partial charge on any atom is 0.303 e. The number of carbonyl (C=O) groups is 1. The summed E-state index contributed by atoms with van der Waals surface area (Å²) in [5.74, 6) is -0.0127. The van der Waals surface area contributed by atoms with Gasteiger partial charge in [0.25, 0.3) is 0 Å². The second kappa shape index (κ2) is 4.16. The molecule has 11 heavy (non-hydrogen) atoms. The summed E-state index contributed by atoms with van der Waals surface area (Å²) in [7, 11) is 0. The molecule has 0 fully saturated rings. The number of carboxylic acid groups (broad SMARTS) is 1. The molecule has 0 radical (unpaired) electrons. The van der Waals surface area contributed by atoms with E-state index in [4.69, 9.17) is 5.11 Å². The van der Waals surface area contributed by atoms with Crippen LogP contribution in [-0.4, -0.2) is 11.1 Å². The smallest absolute Gasteiger partial charge is 0.303 e. The lowest BCUT2D eigenvalue weighted by Crippen LogP contribution is -1.97. The number of aliphatic carboxylic acids is 1. The minimum atomic E-state index is -0.674. The van der Waals surface area contributed by atoms with Crippen LogP contribution in [0.3, 0.4) is 0 Å². The fraction of sp³-hybridized carbons (Fsp3) is 0.667. The van der Waals surface area contributed by atoms with Crippen molar-refractivity contribution >= 4 is 5.97 Å². The molecule has 0 aliphatic heterocycles. The van der Waals surface area contributed by atoms with Crippen LogP contribution in [0.2, 0.25) is 0 Å². The van der Waals surface area contributed by atoms with E-state index in [9.17, 15) is 4.79 Å². The molecule has 0 saturated heterocycles. The summed E-state index contributed by atoms with van der Waals surface area (Å²) in [6.45, 7) is 0. The Hall–Kier alpha value is -0.790. The van der Waals surface area contributed by atoms with Crippen LogP contribution in [0.15, 0.2) is 12.2 Å². The Morgan fingerprint density at radius 3 is 3.00 bits per heavy atom. The molecule has 1 rings (SSSR count). The summed E-state index contributed by atoms with van der Waals surface area (Å²) in [4.78, 5) is 10.2. The molecule has 0 unspecified atom stereocenters. The molecule has 2 nitrogen and oxygen atoms in total. The van der Waals surface area contributed by atoms with Gasteiger partial charge < -0.3 is 5.11 Å². The first-order valence-electron chi connectivity index (χ1n) is 4.17. The summed E-state index contributed by atoms with van der Waals surface area (Å²) in [5, 5.41) is 8.37. The molecule has 0 aromatic carbocycles. The van der Waals surface area contributed by atoms with E-state index < -0.39 is 5.97 Å². The largest absolute Gasteiger partial charge is 0.481 e. The second-order valence-corrected chi connectivity index (χ2v) is 3.05. The summed E-state index contributed by atoms with van der Waals surface area (Å²) in [6, 6.07) is 0. The maximum absolute atomic E-state index is 10.2. The molecule has 0 heterocycles. The van der Waals surface area contributed by atoms with Gasteiger partial charge in [0.05, 0.1) is 0 Å². The Kier molecular flexibility index (Phi) is 3.14. The molecule has 0 saturated carbocycles. The zero-order chi connectivity index (χ0) is 8.10. The van der Waals surface area contributed by atoms with Gasteiger partial charge in [0, 0.05) is 6.42 Å². The van der Waals surface area contributed by atoms with Crippen molar-refractivity contribution in [3.8, 4) is 0 Å². The lowest BCUT2D eigenvalue weighted by Gasteiger charge is -2.04. The van der Waals surface area contributed by atoms with Gasteiger partial charge in [-0.25, -0.2) is 0 Å². The molecule has 1 N–H and O–H groups in total. The summed E-state index contributed by atoms with van der Waals surface area (Å²) in [6.07, 6.45) is 8.99. The van der Waals surface area contributed by atoms with Crippen LogP contribution < -0.4 is 0 Å². The van der Waals surface area contributed by atoms with Gasteiger partial charge in [-0.2, -0.15) is 0 Å². The van der Waals surface area contributed by atoms with Crippen molar-refractivity contribution in [2.75, 3.05) is 0 Å². The van der Waals surface area contributed by atoms with Crippen LogP contribution in [0.25, 0.3) is 0 Å². The van der Waals surface area contributed by atoms with Crippen LogP contribution in [0.1, 0.15) is 32.1 Å². The SMILES string of the molecule is O=C(O)CCC[C@H]1C=CCC1. The highest BCUT2D eigenvalue weighted by atomic mass is 16.4. The highest BCUT2D eigenvalue weighted by Gasteiger charge is 2.08. The third-order valence-corrected chi connectivity index (χ3v) is 2.08. The summed E-state index contributed by atoms with van der Waals surface area (Å²) >= 11 is 0. The number of allylic oxidation sites excluding steroid dienone is 2. The van der Waals surface area contributed by atoms with Crippen molar-refractivity contribution in [3.63, 3.8) is 0 Å². The topological polar surface area (TPSA) is 37.3 Å². The standard InChI is InChI=1S/C9H14O2/c10-9(11)7-3-6-8-4-1-2-5-8/h1,4,8H,2-3,5-7H2,(H,10,11)/t8-/m0/s1. The van der Waals surface area contributed by atoms with Crippen LogP contribution >= 0.6 is 0 Å². The Morgan fingerprint density at radius 1 is 1.64 bits per heavy atom. The van der Waals surface area contributed by atoms with Crippen LogP contribution in [0.4, 0.5) is 0 Å². The third kappa shape index (κ3) is 3.21. The quantitative estimate of drug-likeness (QED) is 0.630. The maximum atomic E-state index is 10.2. The van der Waals surface area contributed by atoms with Gasteiger partial charge in [-0.1, -0.05) is 12.2 Å². The molecule has 2 heteroatoms. The highest BCUT2D eigenvalue weighted by Crippen LogP contribution is 2.22. The Morgan fingerprint density at radius 2 is 2.45 bits per heavy atom. The van der Waals surface area contributed by atoms with Gasteiger partial charge in [-0.3, -0.25) is 4.79 Å². The third-order valence-electron chi connectivity index (χ3n) is 2.08. The van der Waals surface area contributed by atoms with Crippen molar-refractivity contribution in [2.24, 2.45) is 5.92 Å². The first-order valence-corrected chi connectivity index (χ1v) is 4.17. The summed E-state index contributed by atoms with van der Waals surface area (Å²) in [5.41, 5.74) is 0. The Bertz CT molecular complexity index is 161. The van der Waals surface area contributed by atoms with Crippen LogP contribution in [-0.2, 0) is 4.79 Å². The molecule has 0 amide bonds. The number of hydrogen-bond donors (Lipinski definition) is 1. The second-order valence-electron chi connectivity index (χ2n) is 3.05. The van der Waals surface area contributed by atoms with Gasteiger partial charge in [-0.15, -0.1) is 0 Å². The Labute approximate surface area is 66.9 Å². The molecule has 62 valence electrons. The molecule has 0 bridgehead atoms. The van der Waals surface area contributed by atoms with Gasteiger partial charge in [0.15, 0.2) is 0 Å². The lowest BCUT2D eigenvalue weighted by atomic mass is 10.0. The van der Waals surface area contributed by atoms with Gasteiger partial charge in [0.2, 0.25) is 0 Å². The highest BCUT2D eigenvalue weighted by molar-refractivity contribution is 5.66. The van der Waals surface area contributed by atoms with Crippen LogP contribution in [0.5, 0.6) is 0 Å². The van der Waals surface area contributed by atoms with E-state index in [2.05, 4.69) is 12.2 Å². The van der Waals surface area contributed by atoms with Crippen LogP contribution in [0, 0.1) is 5.92 Å². The first-order chi connectivity index (χ1) is 5.29. The van der Waals surface area contributed by atoms with Crippen molar-refractivity contribution in [1.82, 2.24) is 0 Å². The molecule has 0 aromatic heterocycles. The predicted octanol–water partition coefficient (Wildman–Crippen LogP) is 2.21. The lowest BCUT2D eigenvalue weighted by molar-refractivity contribution is -0.137. The van der Waals surface area contributed by atoms with Crippen molar-refractivity contribution in [1.29, 1.82) is 0 Å². The van der Waals surface area contributed by atoms with Crippen molar-refractivity contribution < 1.29 is 9.90 Å². The zero-order valence-electron chi connectivity index (χ0n) is 6.62. The zero-order valence-corrected chi connectivity index (χ0v) is 6.62. The van der Waals surface area contributed by atoms with Gasteiger partial charge >= 0.3 is 5.97 Å². The molecule has 0 spiro atoms. The normalized spacial score (nSPS) is 22.4. The van der Waals surface area contributed by atoms with E-state index in [0.29, 0.717) is 12.3 Å². The Balaban J connectivity index is 2.03. The fourth-order valence-corrected chi connectivity index (χ4v) is 1.45. The average Bonchev–Trinajstić information content (AvgIpc) is 2.39. The molecule has 1 atom stereocenters. The van der Waals surface area contributed by atoms with Crippen molar-refractivity contribution in [2.45, 2.75) is 32.1 Å². The van der Waals surface area contributed by atoms with E-state index in [1.165, 1.54) is 12.8 Å². The van der Waals surface area contributed by atoms with E-state index in [1.54, 1.807) is 0 Å². The molecule has 1 aliphatic carbocycles.